The predicted molar refractivity (Wildman–Crippen MR) is 71.2 cm³/mol. The van der Waals surface area contributed by atoms with Crippen LogP contribution in [-0.4, -0.2) is 66.7 Å². The molecule has 8 heteroatoms. The quantitative estimate of drug-likeness (QED) is 0.533. The molecule has 1 aliphatic heterocycles. The van der Waals surface area contributed by atoms with Gasteiger partial charge in [0.25, 0.3) is 5.91 Å². The Morgan fingerprint density at radius 1 is 1.32 bits per heavy atom. The van der Waals surface area contributed by atoms with E-state index < -0.39 is 20.7 Å². The minimum Gasteiger partial charge on any atom is -0.306 e. The van der Waals surface area contributed by atoms with Gasteiger partial charge in [-0.25, -0.2) is 18.2 Å². The van der Waals surface area contributed by atoms with Gasteiger partial charge in [-0.15, -0.1) is 0 Å². The average molecular weight is 293 g/mol. The molecule has 0 aromatic carbocycles. The zero-order valence-electron chi connectivity index (χ0n) is 11.7. The van der Waals surface area contributed by atoms with Crippen LogP contribution in [0.5, 0.6) is 0 Å². The van der Waals surface area contributed by atoms with Crippen LogP contribution in [-0.2, 0) is 14.8 Å². The Kier molecular flexibility index (Phi) is 5.31. The maximum Gasteiger partial charge on any atom is 0.266 e. The lowest BCUT2D eigenvalue weighted by Crippen LogP contribution is -2.61. The van der Waals surface area contributed by atoms with E-state index in [1.165, 1.54) is 9.79 Å². The number of amides is 1. The SMILES string of the molecule is CCN(CC)S(=O)(=O)C1(C(=O)NO)CCN(C)CC1. The van der Waals surface area contributed by atoms with Gasteiger partial charge in [0.2, 0.25) is 10.0 Å². The first-order valence-corrected chi connectivity index (χ1v) is 7.92. The lowest BCUT2D eigenvalue weighted by atomic mass is 9.95. The monoisotopic (exact) mass is 293 g/mol. The van der Waals surface area contributed by atoms with Gasteiger partial charge in [-0.05, 0) is 33.0 Å². The van der Waals surface area contributed by atoms with Crippen molar-refractivity contribution in [1.29, 1.82) is 0 Å². The number of hydroxylamine groups is 1. The van der Waals surface area contributed by atoms with Crippen LogP contribution in [0, 0.1) is 0 Å². The molecule has 2 N–H and O–H groups in total. The number of carbonyl (C=O) groups is 1. The molecule has 0 aliphatic carbocycles. The summed E-state index contributed by atoms with van der Waals surface area (Å²) in [6.07, 6.45) is 0.378. The normalized spacial score (nSPS) is 20.5. The standard InChI is InChI=1S/C11H23N3O4S/c1-4-14(5-2)19(17,18)11(10(15)12-16)6-8-13(3)9-7-11/h16H,4-9H2,1-3H3,(H,12,15). The third-order valence-electron chi connectivity index (χ3n) is 3.85. The number of nitrogens with zero attached hydrogens (tertiary/aromatic N) is 2. The first kappa shape index (κ1) is 16.4. The summed E-state index contributed by atoms with van der Waals surface area (Å²) < 4.78 is 25.2. The predicted octanol–water partition coefficient (Wildman–Crippen LogP) is -0.372. The van der Waals surface area contributed by atoms with E-state index in [4.69, 9.17) is 5.21 Å². The van der Waals surface area contributed by atoms with Crippen LogP contribution in [0.2, 0.25) is 0 Å². The summed E-state index contributed by atoms with van der Waals surface area (Å²) in [7, 11) is -1.91. The van der Waals surface area contributed by atoms with Gasteiger partial charge in [0.15, 0.2) is 4.75 Å². The molecule has 0 spiro atoms. The highest BCUT2D eigenvalue weighted by molar-refractivity contribution is 7.91. The molecule has 1 saturated heterocycles. The second-order valence-electron chi connectivity index (χ2n) is 4.83. The molecule has 7 nitrogen and oxygen atoms in total. The Morgan fingerprint density at radius 3 is 2.16 bits per heavy atom. The molecule has 1 rings (SSSR count). The summed E-state index contributed by atoms with van der Waals surface area (Å²) in [6.45, 7) is 5.12. The van der Waals surface area contributed by atoms with Gasteiger partial charge in [0.05, 0.1) is 0 Å². The first-order valence-electron chi connectivity index (χ1n) is 6.48. The number of hydrogen-bond donors (Lipinski definition) is 2. The van der Waals surface area contributed by atoms with Crippen molar-refractivity contribution in [2.75, 3.05) is 33.2 Å². The Labute approximate surface area is 114 Å². The van der Waals surface area contributed by atoms with Crippen molar-refractivity contribution in [3.05, 3.63) is 0 Å². The highest BCUT2D eigenvalue weighted by atomic mass is 32.2. The molecule has 0 unspecified atom stereocenters. The fraction of sp³-hybridized carbons (Fsp3) is 0.909. The van der Waals surface area contributed by atoms with Gasteiger partial charge in [-0.3, -0.25) is 10.0 Å². The fourth-order valence-corrected chi connectivity index (χ4v) is 4.65. The molecule has 0 atom stereocenters. The van der Waals surface area contributed by atoms with Crippen LogP contribution in [0.15, 0.2) is 0 Å². The highest BCUT2D eigenvalue weighted by Crippen LogP contribution is 2.33. The molecule has 19 heavy (non-hydrogen) atoms. The molecule has 0 aromatic heterocycles. The highest BCUT2D eigenvalue weighted by Gasteiger charge is 2.53. The molecule has 1 amide bonds. The maximum absolute atomic E-state index is 12.7. The minimum absolute atomic E-state index is 0.189. The van der Waals surface area contributed by atoms with Crippen LogP contribution in [0.4, 0.5) is 0 Å². The number of hydrogen-bond acceptors (Lipinski definition) is 5. The lowest BCUT2D eigenvalue weighted by molar-refractivity contribution is -0.133. The smallest absolute Gasteiger partial charge is 0.266 e. The molecule has 0 bridgehead atoms. The second-order valence-corrected chi connectivity index (χ2v) is 7.08. The van der Waals surface area contributed by atoms with Gasteiger partial charge in [-0.2, -0.15) is 0 Å². The summed E-state index contributed by atoms with van der Waals surface area (Å²) in [5, 5.41) is 8.91. The van der Waals surface area contributed by atoms with Crippen molar-refractivity contribution in [1.82, 2.24) is 14.7 Å². The van der Waals surface area contributed by atoms with Crippen LogP contribution in [0.3, 0.4) is 0 Å². The summed E-state index contributed by atoms with van der Waals surface area (Å²) in [5.41, 5.74) is 1.54. The third kappa shape index (κ3) is 2.76. The summed E-state index contributed by atoms with van der Waals surface area (Å²) in [6, 6.07) is 0. The molecule has 0 radical (unpaired) electrons. The average Bonchev–Trinajstić information content (AvgIpc) is 2.39. The van der Waals surface area contributed by atoms with Crippen LogP contribution in [0.1, 0.15) is 26.7 Å². The molecule has 1 heterocycles. The number of sulfonamides is 1. The van der Waals surface area contributed by atoms with Crippen LogP contribution in [0.25, 0.3) is 0 Å². The van der Waals surface area contributed by atoms with Crippen molar-refractivity contribution >= 4 is 15.9 Å². The van der Waals surface area contributed by atoms with Gasteiger partial charge in [-0.1, -0.05) is 13.8 Å². The van der Waals surface area contributed by atoms with Crippen molar-refractivity contribution in [2.24, 2.45) is 0 Å². The molecule has 0 aromatic rings. The molecule has 1 fully saturated rings. The summed E-state index contributed by atoms with van der Waals surface area (Å²) >= 11 is 0. The van der Waals surface area contributed by atoms with E-state index >= 15 is 0 Å². The van der Waals surface area contributed by atoms with E-state index in [2.05, 4.69) is 0 Å². The number of piperidine rings is 1. The van der Waals surface area contributed by atoms with E-state index in [0.717, 1.165) is 0 Å². The first-order chi connectivity index (χ1) is 8.85. The van der Waals surface area contributed by atoms with Crippen molar-refractivity contribution < 1.29 is 18.4 Å². The third-order valence-corrected chi connectivity index (χ3v) is 6.63. The fourth-order valence-electron chi connectivity index (χ4n) is 2.49. The zero-order valence-corrected chi connectivity index (χ0v) is 12.5. The zero-order chi connectivity index (χ0) is 14.7. The molecular weight excluding hydrogens is 270 g/mol. The number of rotatable bonds is 5. The van der Waals surface area contributed by atoms with Crippen molar-refractivity contribution in [3.63, 3.8) is 0 Å². The van der Waals surface area contributed by atoms with Crippen LogP contribution < -0.4 is 5.48 Å². The van der Waals surface area contributed by atoms with Gasteiger partial charge in [0.1, 0.15) is 0 Å². The summed E-state index contributed by atoms with van der Waals surface area (Å²) in [5.74, 6) is -0.826. The lowest BCUT2D eigenvalue weighted by Gasteiger charge is -2.40. The molecule has 112 valence electrons. The number of nitrogens with one attached hydrogen (secondary N) is 1. The van der Waals surface area contributed by atoms with Crippen LogP contribution >= 0.6 is 0 Å². The van der Waals surface area contributed by atoms with E-state index in [9.17, 15) is 13.2 Å². The van der Waals surface area contributed by atoms with Gasteiger partial charge in [0, 0.05) is 13.1 Å². The molecule has 0 saturated carbocycles. The summed E-state index contributed by atoms with van der Waals surface area (Å²) in [4.78, 5) is 14.0. The second kappa shape index (κ2) is 6.17. The topological polar surface area (TPSA) is 90.0 Å². The Morgan fingerprint density at radius 2 is 1.79 bits per heavy atom. The molecule has 1 aliphatic rings. The Bertz CT molecular complexity index is 412. The van der Waals surface area contributed by atoms with E-state index in [1.54, 1.807) is 13.8 Å². The van der Waals surface area contributed by atoms with Crippen molar-refractivity contribution in [2.45, 2.75) is 31.4 Å². The van der Waals surface area contributed by atoms with E-state index in [0.29, 0.717) is 26.2 Å². The Hall–Kier alpha value is -0.700. The van der Waals surface area contributed by atoms with Gasteiger partial charge >= 0.3 is 0 Å². The molecular formula is C11H23N3O4S. The minimum atomic E-state index is -3.79. The number of carbonyl (C=O) groups excluding carboxylic acids is 1. The van der Waals surface area contributed by atoms with Gasteiger partial charge < -0.3 is 4.90 Å². The van der Waals surface area contributed by atoms with E-state index in [1.807, 2.05) is 11.9 Å². The number of likely N-dealkylation sites (tertiary alicyclic amines) is 1. The van der Waals surface area contributed by atoms with Crippen molar-refractivity contribution in [3.8, 4) is 0 Å². The largest absolute Gasteiger partial charge is 0.306 e. The Balaban J connectivity index is 3.21. The maximum atomic E-state index is 12.7. The van der Waals surface area contributed by atoms with E-state index in [-0.39, 0.29) is 12.8 Å².